The molecule has 1 atom stereocenters. The fourth-order valence-corrected chi connectivity index (χ4v) is 9.09. The van der Waals surface area contributed by atoms with Crippen molar-refractivity contribution in [2.45, 2.75) is 5.91 Å². The maximum Gasteiger partial charge on any atom is 0.423 e. The highest BCUT2D eigenvalue weighted by atomic mass is 15.7. The van der Waals surface area contributed by atoms with Crippen molar-refractivity contribution in [2.24, 2.45) is 15.0 Å². The molecule has 1 spiro atoms. The minimum absolute atomic E-state index is 0.913. The summed E-state index contributed by atoms with van der Waals surface area (Å²) in [6, 6.07) is 45.5. The van der Waals surface area contributed by atoms with Crippen LogP contribution in [0.4, 0.5) is 11.6 Å². The second-order valence-corrected chi connectivity index (χ2v) is 12.8. The van der Waals surface area contributed by atoms with Crippen LogP contribution in [0.2, 0.25) is 0 Å². The monoisotopic (exact) mass is 599 g/mol. The van der Waals surface area contributed by atoms with Crippen molar-refractivity contribution in [3.05, 3.63) is 166 Å². The Morgan fingerprint density at radius 2 is 1.02 bits per heavy atom. The number of hydrogen-bond donors (Lipinski definition) is 0. The van der Waals surface area contributed by atoms with Gasteiger partial charge in [0.2, 0.25) is 11.3 Å². The highest BCUT2D eigenvalue weighted by molar-refractivity contribution is 6.36. The lowest BCUT2D eigenvalue weighted by molar-refractivity contribution is -0.789. The Hall–Kier alpha value is -6.47. The fourth-order valence-electron chi connectivity index (χ4n) is 9.09. The number of nitrogens with zero attached hydrogens (tertiary/aromatic N) is 7. The Morgan fingerprint density at radius 1 is 0.468 bits per heavy atom. The van der Waals surface area contributed by atoms with E-state index in [1.807, 2.05) is 0 Å². The minimum atomic E-state index is -0.940. The molecule has 7 heteroatoms. The third-order valence-electron chi connectivity index (χ3n) is 10.8. The molecule has 7 aromatic rings. The van der Waals surface area contributed by atoms with Crippen LogP contribution in [0.5, 0.6) is 0 Å². The average molecular weight is 600 g/mol. The maximum absolute atomic E-state index is 5.59. The molecule has 0 amide bonds. The molecular formula is C40H21N7+2. The molecule has 6 aliphatic rings. The van der Waals surface area contributed by atoms with E-state index in [1.165, 1.54) is 16.5 Å². The molecule has 214 valence electrons. The maximum atomic E-state index is 5.59. The SMILES string of the molecule is c1ccc(C2=c3c4ccccc4c4n3[C@]35n6c(c7ccccc7c6N=C6c7ccccc7C2=[N+]63)N=C2c3ccccc3C(=[N+]25)N=4)cc1. The predicted molar refractivity (Wildman–Crippen MR) is 181 cm³/mol. The molecule has 0 saturated heterocycles. The van der Waals surface area contributed by atoms with Gasteiger partial charge in [-0.2, -0.15) is 4.57 Å². The molecule has 2 aromatic heterocycles. The van der Waals surface area contributed by atoms with Crippen molar-refractivity contribution in [3.63, 3.8) is 0 Å². The summed E-state index contributed by atoms with van der Waals surface area (Å²) in [4.78, 5) is 16.7. The molecule has 0 radical (unpaired) electrons. The Bertz CT molecular complexity index is 2970. The molecule has 47 heavy (non-hydrogen) atoms. The highest BCUT2D eigenvalue weighted by Crippen LogP contribution is 2.53. The molecule has 0 N–H and O–H groups in total. The summed E-state index contributed by atoms with van der Waals surface area (Å²) >= 11 is 0. The molecule has 0 fully saturated rings. The number of benzene rings is 5. The van der Waals surface area contributed by atoms with Crippen LogP contribution in [0.3, 0.4) is 0 Å². The van der Waals surface area contributed by atoms with Gasteiger partial charge in [-0.1, -0.05) is 94.9 Å². The van der Waals surface area contributed by atoms with Gasteiger partial charge in [-0.25, -0.2) is 4.57 Å². The zero-order valence-corrected chi connectivity index (χ0v) is 24.8. The zero-order chi connectivity index (χ0) is 30.2. The predicted octanol–water partition coefficient (Wildman–Crippen LogP) is 5.33. The number of fused-ring (bicyclic) bond motifs is 12. The fraction of sp³-hybridized carbons (Fsp3) is 0.0250. The third kappa shape index (κ3) is 2.24. The van der Waals surface area contributed by atoms with E-state index in [1.54, 1.807) is 0 Å². The molecule has 6 aliphatic heterocycles. The van der Waals surface area contributed by atoms with Gasteiger partial charge in [0.15, 0.2) is 5.71 Å². The van der Waals surface area contributed by atoms with Crippen LogP contribution < -0.4 is 10.8 Å². The van der Waals surface area contributed by atoms with Crippen molar-refractivity contribution in [2.75, 3.05) is 0 Å². The van der Waals surface area contributed by atoms with E-state index in [2.05, 4.69) is 146 Å². The first-order valence-electron chi connectivity index (χ1n) is 16.0. The lowest BCUT2D eigenvalue weighted by Gasteiger charge is -2.41. The quantitative estimate of drug-likeness (QED) is 0.229. The number of hydrogen-bond acceptors (Lipinski definition) is 3. The smallest absolute Gasteiger partial charge is 0.216 e. The van der Waals surface area contributed by atoms with E-state index in [0.29, 0.717) is 0 Å². The molecular weight excluding hydrogens is 578 g/mol. The standard InChI is InChI=1S/C40H21N7/c1-2-12-22(13-3-1)31-32-23-14-4-6-16-25(23)34-41-36-27-18-8-10-20-29(27)38-43-39-30-21-11-9-19-28(30)37-42-35-26-17-7-5-15-24(26)33(31)45(35)40(44(32)34,46(36)38)47(37)39/h1-21H/q+2/t40-/m0/s1. The van der Waals surface area contributed by atoms with E-state index >= 15 is 0 Å². The van der Waals surface area contributed by atoms with Gasteiger partial charge in [0.05, 0.1) is 33.0 Å². The topological polar surface area (TPSA) is 53.0 Å². The number of aromatic nitrogens is 2. The molecule has 7 nitrogen and oxygen atoms in total. The van der Waals surface area contributed by atoms with Crippen molar-refractivity contribution in [3.8, 4) is 0 Å². The summed E-state index contributed by atoms with van der Waals surface area (Å²) in [5.74, 6) is 3.65. The lowest BCUT2D eigenvalue weighted by Crippen LogP contribution is -2.72. The van der Waals surface area contributed by atoms with E-state index in [9.17, 15) is 0 Å². The summed E-state index contributed by atoms with van der Waals surface area (Å²) < 4.78 is 9.79. The van der Waals surface area contributed by atoms with Crippen LogP contribution >= 0.6 is 0 Å². The second-order valence-electron chi connectivity index (χ2n) is 12.8. The van der Waals surface area contributed by atoms with E-state index < -0.39 is 5.91 Å². The normalized spacial score (nSPS) is 19.8. The summed E-state index contributed by atoms with van der Waals surface area (Å²) in [6.45, 7) is 0. The van der Waals surface area contributed by atoms with Crippen LogP contribution in [-0.4, -0.2) is 41.5 Å². The number of amidine groups is 3. The van der Waals surface area contributed by atoms with Crippen LogP contribution in [0.25, 0.3) is 27.1 Å². The lowest BCUT2D eigenvalue weighted by atomic mass is 9.93. The van der Waals surface area contributed by atoms with Gasteiger partial charge >= 0.3 is 11.7 Å². The van der Waals surface area contributed by atoms with Gasteiger partial charge in [-0.3, -0.25) is 0 Å². The van der Waals surface area contributed by atoms with Crippen molar-refractivity contribution in [1.82, 2.24) is 9.13 Å². The van der Waals surface area contributed by atoms with Crippen LogP contribution in [-0.2, 0) is 5.91 Å². The van der Waals surface area contributed by atoms with E-state index in [0.717, 1.165) is 84.1 Å². The zero-order valence-electron chi connectivity index (χ0n) is 24.8. The molecule has 0 unspecified atom stereocenters. The Balaban J connectivity index is 1.40. The highest BCUT2D eigenvalue weighted by Gasteiger charge is 2.70. The molecule has 0 saturated carbocycles. The van der Waals surface area contributed by atoms with Gasteiger partial charge in [-0.15, -0.1) is 9.15 Å². The molecule has 0 aliphatic carbocycles. The summed E-state index contributed by atoms with van der Waals surface area (Å²) in [6.07, 6.45) is 0. The van der Waals surface area contributed by atoms with Gasteiger partial charge in [0.1, 0.15) is 0 Å². The largest absolute Gasteiger partial charge is 0.423 e. The van der Waals surface area contributed by atoms with Gasteiger partial charge in [0.25, 0.3) is 17.5 Å². The van der Waals surface area contributed by atoms with Crippen LogP contribution in [0, 0.1) is 0 Å². The first-order chi connectivity index (χ1) is 23.4. The van der Waals surface area contributed by atoms with Gasteiger partial charge in [0, 0.05) is 21.7 Å². The van der Waals surface area contributed by atoms with Crippen molar-refractivity contribution >= 4 is 62.0 Å². The Kier molecular flexibility index (Phi) is 3.58. The summed E-state index contributed by atoms with van der Waals surface area (Å²) in [7, 11) is 0. The average Bonchev–Trinajstić information content (AvgIpc) is 3.85. The van der Waals surface area contributed by atoms with Gasteiger partial charge in [-0.05, 0) is 53.0 Å². The second kappa shape index (κ2) is 7.32. The first kappa shape index (κ1) is 23.0. The summed E-state index contributed by atoms with van der Waals surface area (Å²) in [5.41, 5.74) is 8.93. The van der Waals surface area contributed by atoms with Crippen molar-refractivity contribution in [1.29, 1.82) is 0 Å². The molecule has 13 rings (SSSR count). The third-order valence-corrected chi connectivity index (χ3v) is 10.8. The molecule has 5 aromatic carbocycles. The Labute approximate surface area is 266 Å². The first-order valence-corrected chi connectivity index (χ1v) is 16.0. The molecule has 0 bridgehead atoms. The minimum Gasteiger partial charge on any atom is -0.216 e. The summed E-state index contributed by atoms with van der Waals surface area (Å²) in [5, 5.41) is 5.65. The van der Waals surface area contributed by atoms with E-state index in [4.69, 9.17) is 15.0 Å². The van der Waals surface area contributed by atoms with Crippen molar-refractivity contribution < 1.29 is 9.15 Å². The van der Waals surface area contributed by atoms with Gasteiger partial charge < -0.3 is 0 Å². The van der Waals surface area contributed by atoms with Crippen LogP contribution in [0.1, 0.15) is 27.8 Å². The van der Waals surface area contributed by atoms with E-state index in [-0.39, 0.29) is 0 Å². The Morgan fingerprint density at radius 3 is 1.74 bits per heavy atom. The van der Waals surface area contributed by atoms with Crippen LogP contribution in [0.15, 0.2) is 142 Å². The number of aliphatic imine (C=N–C) groups is 2. The number of rotatable bonds is 1. The molecule has 8 heterocycles.